The third-order valence-corrected chi connectivity index (χ3v) is 4.62. The van der Waals surface area contributed by atoms with Gasteiger partial charge >= 0.3 is 6.03 Å². The summed E-state index contributed by atoms with van der Waals surface area (Å²) in [5, 5.41) is 10.7. The van der Waals surface area contributed by atoms with Gasteiger partial charge in [-0.25, -0.2) is 9.18 Å². The molecule has 0 aliphatic rings. The van der Waals surface area contributed by atoms with Gasteiger partial charge in [0.05, 0.1) is 30.9 Å². The van der Waals surface area contributed by atoms with Gasteiger partial charge in [0.25, 0.3) is 0 Å². The number of halogens is 1. The maximum absolute atomic E-state index is 12.8. The van der Waals surface area contributed by atoms with Crippen molar-refractivity contribution in [1.29, 1.82) is 0 Å². The molecule has 228 valence electrons. The van der Waals surface area contributed by atoms with E-state index in [1.165, 1.54) is 14.0 Å². The zero-order valence-corrected chi connectivity index (χ0v) is 25.7. The van der Waals surface area contributed by atoms with Crippen molar-refractivity contribution in [2.45, 2.75) is 124 Å². The number of nitrogens with one attached hydrogen (secondary N) is 4. The standard InChI is InChI=1S/C20H39FN4O4.C5H12O.C2H7N/c1-14(2)24-18(27)16(25-19(28)22-6)9-7-8-11-23-17(26)13-20(4,5)29-12-10-15(3)21;1-4-6-5(2)3;1-2-3/h14-16H,7-13H2,1-6H3,(H,23,26)(H,24,27)(H2,22,25,28);5H,4H2,1-3H3;2-3H2,1H3. The summed E-state index contributed by atoms with van der Waals surface area (Å²) in [6, 6.07) is -1.06. The number of carbonyl (C=O) groups excluding carboxylic acids is 3. The van der Waals surface area contributed by atoms with Crippen LogP contribution >= 0.6 is 0 Å². The highest BCUT2D eigenvalue weighted by molar-refractivity contribution is 5.87. The van der Waals surface area contributed by atoms with Crippen LogP contribution in [0.25, 0.3) is 0 Å². The van der Waals surface area contributed by atoms with E-state index < -0.39 is 23.8 Å². The molecule has 0 aliphatic heterocycles. The second-order valence-electron chi connectivity index (χ2n) is 10.1. The Balaban J connectivity index is -0.00000116. The molecule has 0 fully saturated rings. The molecule has 0 aromatic heterocycles. The SMILES string of the molecule is CCN.CCOC(C)C.CNC(=O)NC(CCCCNC(=O)CC(C)(C)OCCC(C)F)C(=O)NC(C)C. The molecule has 11 heteroatoms. The number of urea groups is 1. The van der Waals surface area contributed by atoms with Gasteiger partial charge in [0, 0.05) is 32.7 Å². The third-order valence-electron chi connectivity index (χ3n) is 4.62. The monoisotopic (exact) mass is 551 g/mol. The summed E-state index contributed by atoms with van der Waals surface area (Å²) in [4.78, 5) is 35.8. The highest BCUT2D eigenvalue weighted by Crippen LogP contribution is 2.15. The summed E-state index contributed by atoms with van der Waals surface area (Å²) >= 11 is 0. The van der Waals surface area contributed by atoms with Crippen LogP contribution < -0.4 is 27.0 Å². The van der Waals surface area contributed by atoms with Gasteiger partial charge in [0.1, 0.15) is 6.04 Å². The van der Waals surface area contributed by atoms with Crippen molar-refractivity contribution >= 4 is 17.8 Å². The Morgan fingerprint density at radius 2 is 1.55 bits per heavy atom. The normalized spacial score (nSPS) is 12.4. The van der Waals surface area contributed by atoms with Crippen LogP contribution in [0.4, 0.5) is 9.18 Å². The van der Waals surface area contributed by atoms with Gasteiger partial charge in [-0.3, -0.25) is 9.59 Å². The zero-order valence-electron chi connectivity index (χ0n) is 25.7. The molecule has 0 heterocycles. The van der Waals surface area contributed by atoms with Crippen LogP contribution in [0.15, 0.2) is 0 Å². The van der Waals surface area contributed by atoms with Gasteiger partial charge in [0.15, 0.2) is 0 Å². The highest BCUT2D eigenvalue weighted by atomic mass is 19.1. The first-order chi connectivity index (χ1) is 17.6. The Bertz CT molecular complexity index is 604. The number of hydrogen-bond donors (Lipinski definition) is 5. The largest absolute Gasteiger partial charge is 0.379 e. The first-order valence-electron chi connectivity index (χ1n) is 13.8. The lowest BCUT2D eigenvalue weighted by atomic mass is 10.0. The fourth-order valence-electron chi connectivity index (χ4n) is 2.92. The van der Waals surface area contributed by atoms with E-state index in [4.69, 9.17) is 15.2 Å². The minimum absolute atomic E-state index is 0.0190. The van der Waals surface area contributed by atoms with Gasteiger partial charge in [-0.2, -0.15) is 0 Å². The fraction of sp³-hybridized carbons (Fsp3) is 0.889. The molecule has 10 nitrogen and oxygen atoms in total. The van der Waals surface area contributed by atoms with E-state index in [0.29, 0.717) is 38.3 Å². The summed E-state index contributed by atoms with van der Waals surface area (Å²) in [5.74, 6) is -0.366. The molecule has 6 N–H and O–H groups in total. The molecule has 0 aliphatic carbocycles. The molecule has 0 saturated heterocycles. The van der Waals surface area contributed by atoms with Crippen molar-refractivity contribution in [3.63, 3.8) is 0 Å². The number of rotatable bonds is 16. The van der Waals surface area contributed by atoms with Gasteiger partial charge in [-0.05, 0) is 81.2 Å². The highest BCUT2D eigenvalue weighted by Gasteiger charge is 2.23. The fourth-order valence-corrected chi connectivity index (χ4v) is 2.92. The van der Waals surface area contributed by atoms with Crippen molar-refractivity contribution in [3.05, 3.63) is 0 Å². The van der Waals surface area contributed by atoms with Crippen LogP contribution in [0.2, 0.25) is 0 Å². The minimum atomic E-state index is -0.927. The molecule has 0 radical (unpaired) electrons. The lowest BCUT2D eigenvalue weighted by Crippen LogP contribution is -2.50. The predicted octanol–water partition coefficient (Wildman–Crippen LogP) is 3.42. The van der Waals surface area contributed by atoms with Crippen LogP contribution in [0.5, 0.6) is 0 Å². The Kier molecular flexibility index (Phi) is 27.0. The van der Waals surface area contributed by atoms with Crippen LogP contribution in [0.3, 0.4) is 0 Å². The third kappa shape index (κ3) is 30.2. The van der Waals surface area contributed by atoms with E-state index in [1.807, 2.05) is 41.5 Å². The van der Waals surface area contributed by atoms with Crippen molar-refractivity contribution in [2.24, 2.45) is 5.73 Å². The number of ether oxygens (including phenoxy) is 2. The van der Waals surface area contributed by atoms with Gasteiger partial charge < -0.3 is 36.5 Å². The molecule has 0 saturated carbocycles. The molecular formula is C27H58FN5O5. The first-order valence-corrected chi connectivity index (χ1v) is 13.8. The van der Waals surface area contributed by atoms with Crippen LogP contribution in [-0.4, -0.2) is 81.2 Å². The smallest absolute Gasteiger partial charge is 0.315 e. The number of unbranched alkanes of at least 4 members (excludes halogenated alkanes) is 1. The molecule has 38 heavy (non-hydrogen) atoms. The van der Waals surface area contributed by atoms with Crippen LogP contribution in [-0.2, 0) is 19.1 Å². The van der Waals surface area contributed by atoms with E-state index in [2.05, 4.69) is 21.3 Å². The molecular weight excluding hydrogens is 493 g/mol. The molecule has 2 atom stereocenters. The van der Waals surface area contributed by atoms with Crippen LogP contribution in [0.1, 0.15) is 94.4 Å². The molecule has 0 bridgehead atoms. The van der Waals surface area contributed by atoms with Crippen molar-refractivity contribution in [2.75, 3.05) is 33.4 Å². The van der Waals surface area contributed by atoms with Crippen molar-refractivity contribution in [3.8, 4) is 0 Å². The maximum Gasteiger partial charge on any atom is 0.315 e. The van der Waals surface area contributed by atoms with Gasteiger partial charge in [-0.1, -0.05) is 6.92 Å². The number of alkyl halides is 1. The second-order valence-corrected chi connectivity index (χ2v) is 10.1. The molecule has 0 spiro atoms. The van der Waals surface area contributed by atoms with Crippen molar-refractivity contribution < 1.29 is 28.2 Å². The molecule has 2 unspecified atom stereocenters. The average molecular weight is 552 g/mol. The Hall–Kier alpha value is -1.98. The number of nitrogens with two attached hydrogens (primary N) is 1. The maximum atomic E-state index is 12.8. The van der Waals surface area contributed by atoms with Gasteiger partial charge in [0.2, 0.25) is 11.8 Å². The topological polar surface area (TPSA) is 144 Å². The summed E-state index contributed by atoms with van der Waals surface area (Å²) in [6.07, 6.45) is 1.77. The second kappa shape index (κ2) is 25.3. The van der Waals surface area contributed by atoms with Gasteiger partial charge in [-0.15, -0.1) is 0 Å². The molecule has 4 amide bonds. The lowest BCUT2D eigenvalue weighted by Gasteiger charge is -2.25. The quantitative estimate of drug-likeness (QED) is 0.186. The summed E-state index contributed by atoms with van der Waals surface area (Å²) < 4.78 is 23.5. The minimum Gasteiger partial charge on any atom is -0.379 e. The van der Waals surface area contributed by atoms with E-state index in [1.54, 1.807) is 13.8 Å². The van der Waals surface area contributed by atoms with Crippen molar-refractivity contribution in [1.82, 2.24) is 21.3 Å². The summed E-state index contributed by atoms with van der Waals surface area (Å²) in [5.41, 5.74) is 4.19. The average Bonchev–Trinajstić information content (AvgIpc) is 2.77. The lowest BCUT2D eigenvalue weighted by molar-refractivity contribution is -0.128. The van der Waals surface area contributed by atoms with E-state index in [9.17, 15) is 18.8 Å². The Morgan fingerprint density at radius 3 is 1.97 bits per heavy atom. The van der Waals surface area contributed by atoms with Crippen LogP contribution in [0, 0.1) is 0 Å². The van der Waals surface area contributed by atoms with E-state index >= 15 is 0 Å². The summed E-state index contributed by atoms with van der Waals surface area (Å²) in [7, 11) is 1.49. The van der Waals surface area contributed by atoms with E-state index in [0.717, 1.165) is 13.2 Å². The molecule has 0 rings (SSSR count). The number of carbonyl (C=O) groups is 3. The number of hydrogen-bond acceptors (Lipinski definition) is 6. The number of amides is 4. The molecule has 0 aromatic carbocycles. The summed E-state index contributed by atoms with van der Waals surface area (Å²) in [6.45, 7) is 19.1. The Morgan fingerprint density at radius 1 is 0.974 bits per heavy atom. The van der Waals surface area contributed by atoms with E-state index in [-0.39, 0.29) is 30.9 Å². The zero-order chi connectivity index (χ0) is 30.1. The predicted molar refractivity (Wildman–Crippen MR) is 153 cm³/mol. The molecule has 0 aromatic rings. The first kappa shape index (κ1) is 40.5. The Labute approximate surface area is 231 Å².